The van der Waals surface area contributed by atoms with E-state index < -0.39 is 29.9 Å². The van der Waals surface area contributed by atoms with Crippen molar-refractivity contribution in [2.75, 3.05) is 5.75 Å². The van der Waals surface area contributed by atoms with E-state index in [1.54, 1.807) is 18.7 Å². The van der Waals surface area contributed by atoms with Crippen LogP contribution < -0.4 is 0 Å². The number of ether oxygens (including phenoxy) is 2. The molecule has 0 aromatic rings. The number of aliphatic hydroxyl groups is 2. The highest BCUT2D eigenvalue weighted by Crippen LogP contribution is 2.47. The summed E-state index contributed by atoms with van der Waals surface area (Å²) >= 11 is 3.07. The molecule has 0 spiro atoms. The smallest absolute Gasteiger partial charge is 0.214 e. The summed E-state index contributed by atoms with van der Waals surface area (Å²) in [6, 6.07) is 0. The van der Waals surface area contributed by atoms with E-state index in [1.807, 2.05) is 0 Å². The van der Waals surface area contributed by atoms with Gasteiger partial charge in [0.1, 0.15) is 23.2 Å². The molecule has 0 radical (unpaired) electrons. The molecule has 0 amide bonds. The monoisotopic (exact) mass is 332 g/mol. The predicted molar refractivity (Wildman–Crippen MR) is 82.0 cm³/mol. The quantitative estimate of drug-likeness (QED) is 0.789. The van der Waals surface area contributed by atoms with Crippen molar-refractivity contribution < 1.29 is 24.5 Å². The summed E-state index contributed by atoms with van der Waals surface area (Å²) in [7, 11) is 0. The Hall–Kier alpha value is -0.210. The van der Waals surface area contributed by atoms with E-state index in [-0.39, 0.29) is 11.0 Å². The fraction of sp³-hybridized carbons (Fsp3) is 0.786. The summed E-state index contributed by atoms with van der Waals surface area (Å²) in [5, 5.41) is 19.9. The SMILES string of the molecule is CCSC1CCC(=O)C2=C1OC1OC(C)C(O)C(O)C1S2. The van der Waals surface area contributed by atoms with Gasteiger partial charge in [-0.2, -0.15) is 11.8 Å². The lowest BCUT2D eigenvalue weighted by atomic mass is 10.0. The Kier molecular flexibility index (Phi) is 4.57. The molecule has 1 aliphatic carbocycles. The average molecular weight is 332 g/mol. The van der Waals surface area contributed by atoms with Crippen LogP contribution in [0.1, 0.15) is 26.7 Å². The van der Waals surface area contributed by atoms with Crippen LogP contribution in [0.25, 0.3) is 0 Å². The van der Waals surface area contributed by atoms with Crippen molar-refractivity contribution in [2.24, 2.45) is 0 Å². The molecular weight excluding hydrogens is 312 g/mol. The summed E-state index contributed by atoms with van der Waals surface area (Å²) in [4.78, 5) is 12.8. The molecule has 0 aromatic heterocycles. The summed E-state index contributed by atoms with van der Waals surface area (Å²) in [5.41, 5.74) is 0. The molecular formula is C14H20O5S2. The largest absolute Gasteiger partial charge is 0.465 e. The fourth-order valence-corrected chi connectivity index (χ4v) is 5.32. The molecule has 0 aromatic carbocycles. The molecule has 6 unspecified atom stereocenters. The molecule has 118 valence electrons. The van der Waals surface area contributed by atoms with E-state index in [0.29, 0.717) is 17.1 Å². The highest BCUT2D eigenvalue weighted by molar-refractivity contribution is 8.05. The van der Waals surface area contributed by atoms with Crippen molar-refractivity contribution in [2.45, 2.75) is 61.8 Å². The molecule has 0 bridgehead atoms. The summed E-state index contributed by atoms with van der Waals surface area (Å²) in [6.07, 6.45) is -1.70. The number of hydrogen-bond donors (Lipinski definition) is 2. The average Bonchev–Trinajstić information content (AvgIpc) is 2.47. The Morgan fingerprint density at radius 1 is 1.38 bits per heavy atom. The lowest BCUT2D eigenvalue weighted by Gasteiger charge is -2.45. The zero-order chi connectivity index (χ0) is 15.1. The maximum Gasteiger partial charge on any atom is 0.214 e. The van der Waals surface area contributed by atoms with E-state index in [9.17, 15) is 15.0 Å². The van der Waals surface area contributed by atoms with Crippen LogP contribution >= 0.6 is 23.5 Å². The molecule has 7 heteroatoms. The number of fused-ring (bicyclic) bond motifs is 1. The van der Waals surface area contributed by atoms with Gasteiger partial charge < -0.3 is 19.7 Å². The van der Waals surface area contributed by atoms with Crippen molar-refractivity contribution in [1.29, 1.82) is 0 Å². The zero-order valence-corrected chi connectivity index (χ0v) is 13.7. The van der Waals surface area contributed by atoms with Crippen molar-refractivity contribution >= 4 is 29.3 Å². The minimum atomic E-state index is -0.955. The van der Waals surface area contributed by atoms with Crippen LogP contribution in [-0.2, 0) is 14.3 Å². The number of allylic oxidation sites excluding steroid dienone is 1. The highest BCUT2D eigenvalue weighted by Gasteiger charge is 2.50. The van der Waals surface area contributed by atoms with E-state index in [2.05, 4.69) is 6.92 Å². The van der Waals surface area contributed by atoms with Crippen LogP contribution in [0.4, 0.5) is 0 Å². The predicted octanol–water partition coefficient (Wildman–Crippen LogP) is 1.28. The van der Waals surface area contributed by atoms with E-state index in [0.717, 1.165) is 12.2 Å². The van der Waals surface area contributed by atoms with Crippen molar-refractivity contribution in [3.8, 4) is 0 Å². The first kappa shape index (κ1) is 15.7. The topological polar surface area (TPSA) is 76.0 Å². The standard InChI is InChI=1S/C14H20O5S2/c1-3-20-8-5-4-7(15)12-11(8)19-14-13(21-12)10(17)9(16)6(2)18-14/h6,8-10,13-14,16-17H,3-5H2,1-2H3. The number of carbonyl (C=O) groups excluding carboxylic acids is 1. The Labute approximate surface area is 132 Å². The number of carbonyl (C=O) groups is 1. The minimum Gasteiger partial charge on any atom is -0.465 e. The van der Waals surface area contributed by atoms with Gasteiger partial charge in [0.2, 0.25) is 6.29 Å². The third-order valence-electron chi connectivity index (χ3n) is 4.05. The first-order chi connectivity index (χ1) is 10.0. The van der Waals surface area contributed by atoms with Gasteiger partial charge in [-0.1, -0.05) is 6.92 Å². The second-order valence-corrected chi connectivity index (χ2v) is 8.16. The second-order valence-electron chi connectivity index (χ2n) is 5.49. The first-order valence-electron chi connectivity index (χ1n) is 7.26. The number of thioether (sulfide) groups is 2. The van der Waals surface area contributed by atoms with Gasteiger partial charge in [-0.15, -0.1) is 11.8 Å². The molecule has 2 aliphatic heterocycles. The summed E-state index contributed by atoms with van der Waals surface area (Å²) in [5.74, 6) is 1.73. The summed E-state index contributed by atoms with van der Waals surface area (Å²) < 4.78 is 11.6. The molecule has 5 nitrogen and oxygen atoms in total. The lowest BCUT2D eigenvalue weighted by Crippen LogP contribution is -2.57. The van der Waals surface area contributed by atoms with Crippen molar-refractivity contribution in [1.82, 2.24) is 0 Å². The van der Waals surface area contributed by atoms with Gasteiger partial charge in [0, 0.05) is 6.42 Å². The van der Waals surface area contributed by atoms with Crippen LogP contribution in [0.15, 0.2) is 10.7 Å². The van der Waals surface area contributed by atoms with Gasteiger partial charge in [-0.3, -0.25) is 4.79 Å². The third-order valence-corrected chi connectivity index (χ3v) is 6.68. The summed E-state index contributed by atoms with van der Waals surface area (Å²) in [6.45, 7) is 3.80. The Bertz CT molecular complexity index is 466. The van der Waals surface area contributed by atoms with Gasteiger partial charge in [-0.25, -0.2) is 0 Å². The van der Waals surface area contributed by atoms with Gasteiger partial charge >= 0.3 is 0 Å². The number of hydrogen-bond acceptors (Lipinski definition) is 7. The van der Waals surface area contributed by atoms with E-state index in [1.165, 1.54) is 11.8 Å². The van der Waals surface area contributed by atoms with Crippen LogP contribution in [0, 0.1) is 0 Å². The van der Waals surface area contributed by atoms with Crippen LogP contribution in [-0.4, -0.2) is 56.9 Å². The molecule has 3 rings (SSSR count). The highest BCUT2D eigenvalue weighted by atomic mass is 32.2. The molecule has 1 saturated heterocycles. The van der Waals surface area contributed by atoms with E-state index >= 15 is 0 Å². The number of rotatable bonds is 2. The number of aliphatic hydroxyl groups excluding tert-OH is 2. The number of Topliss-reactive ketones (excluding diaryl/α,β-unsaturated/α-hetero) is 1. The molecule has 1 fully saturated rings. The van der Waals surface area contributed by atoms with E-state index in [4.69, 9.17) is 9.47 Å². The zero-order valence-electron chi connectivity index (χ0n) is 12.0. The molecule has 2 heterocycles. The normalized spacial score (nSPS) is 43.1. The first-order valence-corrected chi connectivity index (χ1v) is 9.19. The molecule has 3 aliphatic rings. The second kappa shape index (κ2) is 6.12. The van der Waals surface area contributed by atoms with Crippen molar-refractivity contribution in [3.63, 3.8) is 0 Å². The van der Waals surface area contributed by atoms with Crippen LogP contribution in [0.2, 0.25) is 0 Å². The van der Waals surface area contributed by atoms with Gasteiger partial charge in [0.15, 0.2) is 5.78 Å². The fourth-order valence-electron chi connectivity index (χ4n) is 2.89. The third kappa shape index (κ3) is 2.74. The maximum atomic E-state index is 12.2. The van der Waals surface area contributed by atoms with Crippen LogP contribution in [0.3, 0.4) is 0 Å². The maximum absolute atomic E-state index is 12.2. The minimum absolute atomic E-state index is 0.0710. The number of ketones is 1. The molecule has 0 saturated carbocycles. The lowest BCUT2D eigenvalue weighted by molar-refractivity contribution is -0.230. The Morgan fingerprint density at radius 3 is 2.86 bits per heavy atom. The van der Waals surface area contributed by atoms with Gasteiger partial charge in [0.05, 0.1) is 16.3 Å². The molecule has 2 N–H and O–H groups in total. The van der Waals surface area contributed by atoms with Gasteiger partial charge in [-0.05, 0) is 19.1 Å². The molecule has 6 atom stereocenters. The molecule has 21 heavy (non-hydrogen) atoms. The van der Waals surface area contributed by atoms with Crippen LogP contribution in [0.5, 0.6) is 0 Å². The Morgan fingerprint density at radius 2 is 2.14 bits per heavy atom. The Balaban J connectivity index is 1.89. The van der Waals surface area contributed by atoms with Crippen molar-refractivity contribution in [3.05, 3.63) is 10.7 Å². The van der Waals surface area contributed by atoms with Gasteiger partial charge in [0.25, 0.3) is 0 Å².